The predicted molar refractivity (Wildman–Crippen MR) is 90.6 cm³/mol. The molecule has 1 N–H and O–H groups in total. The van der Waals surface area contributed by atoms with Crippen LogP contribution in [0.1, 0.15) is 44.6 Å². The van der Waals surface area contributed by atoms with E-state index in [9.17, 15) is 14.0 Å². The van der Waals surface area contributed by atoms with E-state index in [0.717, 1.165) is 12.8 Å². The van der Waals surface area contributed by atoms with Crippen molar-refractivity contribution in [3.8, 4) is 0 Å². The molecule has 1 atom stereocenters. The summed E-state index contributed by atoms with van der Waals surface area (Å²) in [5.74, 6) is -0.675. The summed E-state index contributed by atoms with van der Waals surface area (Å²) in [5.41, 5.74) is 0.683. The van der Waals surface area contributed by atoms with Crippen LogP contribution in [0.5, 0.6) is 0 Å². The summed E-state index contributed by atoms with van der Waals surface area (Å²) < 4.78 is 17.9. The van der Waals surface area contributed by atoms with Crippen molar-refractivity contribution in [2.24, 2.45) is 5.92 Å². The van der Waals surface area contributed by atoms with Gasteiger partial charge in [0.15, 0.2) is 6.10 Å². The van der Waals surface area contributed by atoms with Gasteiger partial charge in [-0.25, -0.2) is 9.18 Å². The fraction of sp³-hybridized carbons (Fsp3) is 0.474. The monoisotopic (exact) mass is 333 g/mol. The minimum atomic E-state index is -0.834. The van der Waals surface area contributed by atoms with Crippen LogP contribution >= 0.6 is 0 Å². The summed E-state index contributed by atoms with van der Waals surface area (Å²) in [7, 11) is 0. The maximum atomic E-state index is 12.8. The highest BCUT2D eigenvalue weighted by atomic mass is 19.1. The van der Waals surface area contributed by atoms with E-state index in [1.165, 1.54) is 43.5 Å². The number of benzene rings is 1. The van der Waals surface area contributed by atoms with Gasteiger partial charge in [0.2, 0.25) is 0 Å². The number of amides is 1. The first-order chi connectivity index (χ1) is 11.5. The van der Waals surface area contributed by atoms with Gasteiger partial charge in [-0.3, -0.25) is 4.79 Å². The molecule has 1 aromatic carbocycles. The highest BCUT2D eigenvalue weighted by Crippen LogP contribution is 2.22. The van der Waals surface area contributed by atoms with Crippen LogP contribution < -0.4 is 5.32 Å². The van der Waals surface area contributed by atoms with Crippen molar-refractivity contribution in [2.75, 3.05) is 6.54 Å². The van der Waals surface area contributed by atoms with Gasteiger partial charge in [-0.2, -0.15) is 0 Å². The molecule has 1 saturated carbocycles. The Morgan fingerprint density at radius 2 is 1.92 bits per heavy atom. The van der Waals surface area contributed by atoms with Crippen molar-refractivity contribution < 1.29 is 18.7 Å². The zero-order valence-electron chi connectivity index (χ0n) is 14.0. The molecule has 0 heterocycles. The normalized spacial score (nSPS) is 16.8. The number of ether oxygens (including phenoxy) is 1. The van der Waals surface area contributed by atoms with Crippen LogP contribution in [0, 0.1) is 11.7 Å². The molecule has 0 aromatic heterocycles. The van der Waals surface area contributed by atoms with E-state index in [-0.39, 0.29) is 11.7 Å². The number of carbonyl (C=O) groups is 2. The summed E-state index contributed by atoms with van der Waals surface area (Å²) in [6.45, 7) is 2.20. The van der Waals surface area contributed by atoms with Gasteiger partial charge < -0.3 is 10.1 Å². The van der Waals surface area contributed by atoms with E-state index in [2.05, 4.69) is 5.32 Å². The Labute approximate surface area is 142 Å². The van der Waals surface area contributed by atoms with Crippen molar-refractivity contribution >= 4 is 18.0 Å². The molecule has 0 unspecified atom stereocenters. The Morgan fingerprint density at radius 1 is 1.25 bits per heavy atom. The summed E-state index contributed by atoms with van der Waals surface area (Å²) in [6.07, 6.45) is 7.94. The van der Waals surface area contributed by atoms with Crippen molar-refractivity contribution in [3.63, 3.8) is 0 Å². The van der Waals surface area contributed by atoms with E-state index in [0.29, 0.717) is 18.0 Å². The second kappa shape index (κ2) is 9.21. The average Bonchev–Trinajstić information content (AvgIpc) is 2.60. The van der Waals surface area contributed by atoms with Crippen molar-refractivity contribution in [3.05, 3.63) is 41.7 Å². The Hall–Kier alpha value is -2.17. The van der Waals surface area contributed by atoms with Crippen LogP contribution in [0.25, 0.3) is 6.08 Å². The Balaban J connectivity index is 1.73. The van der Waals surface area contributed by atoms with Gasteiger partial charge in [-0.05, 0) is 49.5 Å². The SMILES string of the molecule is C[C@H](OC(=O)/C=C/c1ccc(F)cc1)C(=O)NCC1CCCCC1. The molecule has 0 bridgehead atoms. The quantitative estimate of drug-likeness (QED) is 0.641. The summed E-state index contributed by atoms with van der Waals surface area (Å²) in [5, 5.41) is 2.86. The van der Waals surface area contributed by atoms with Crippen LogP contribution in [-0.4, -0.2) is 24.5 Å². The fourth-order valence-corrected chi connectivity index (χ4v) is 2.79. The average molecular weight is 333 g/mol. The van der Waals surface area contributed by atoms with Crippen molar-refractivity contribution in [1.29, 1.82) is 0 Å². The van der Waals surface area contributed by atoms with Gasteiger partial charge in [0, 0.05) is 12.6 Å². The lowest BCUT2D eigenvalue weighted by atomic mass is 9.89. The molecule has 1 amide bonds. The van der Waals surface area contributed by atoms with Gasteiger partial charge >= 0.3 is 5.97 Å². The molecule has 130 valence electrons. The summed E-state index contributed by atoms with van der Waals surface area (Å²) in [6, 6.07) is 5.73. The molecule has 0 aliphatic heterocycles. The van der Waals surface area contributed by atoms with Crippen molar-refractivity contribution in [1.82, 2.24) is 5.32 Å². The number of esters is 1. The number of nitrogens with one attached hydrogen (secondary N) is 1. The molecule has 1 aromatic rings. The van der Waals surface area contributed by atoms with Crippen LogP contribution in [0.3, 0.4) is 0 Å². The lowest BCUT2D eigenvalue weighted by Crippen LogP contribution is -2.38. The van der Waals surface area contributed by atoms with Crippen molar-refractivity contribution in [2.45, 2.75) is 45.1 Å². The third kappa shape index (κ3) is 6.14. The zero-order chi connectivity index (χ0) is 17.4. The van der Waals surface area contributed by atoms with Gasteiger partial charge in [0.1, 0.15) is 5.82 Å². The van der Waals surface area contributed by atoms with Crippen LogP contribution in [0.4, 0.5) is 4.39 Å². The molecule has 4 nitrogen and oxygen atoms in total. The molecule has 24 heavy (non-hydrogen) atoms. The van der Waals surface area contributed by atoms with Crippen LogP contribution in [0.2, 0.25) is 0 Å². The zero-order valence-corrected chi connectivity index (χ0v) is 14.0. The Morgan fingerprint density at radius 3 is 2.58 bits per heavy atom. The van der Waals surface area contributed by atoms with E-state index in [1.54, 1.807) is 19.1 Å². The molecule has 1 aliphatic carbocycles. The maximum absolute atomic E-state index is 12.8. The molecule has 1 fully saturated rings. The first-order valence-electron chi connectivity index (χ1n) is 8.46. The molecular weight excluding hydrogens is 309 g/mol. The number of halogens is 1. The van der Waals surface area contributed by atoms with Gasteiger partial charge in [0.05, 0.1) is 0 Å². The van der Waals surface area contributed by atoms with E-state index >= 15 is 0 Å². The van der Waals surface area contributed by atoms with E-state index in [4.69, 9.17) is 4.74 Å². The highest BCUT2D eigenvalue weighted by Gasteiger charge is 2.19. The molecule has 0 spiro atoms. The first kappa shape index (κ1) is 18.2. The molecule has 5 heteroatoms. The second-order valence-electron chi connectivity index (χ2n) is 6.21. The van der Waals surface area contributed by atoms with Crippen LogP contribution in [-0.2, 0) is 14.3 Å². The molecule has 1 aliphatic rings. The maximum Gasteiger partial charge on any atom is 0.331 e. The topological polar surface area (TPSA) is 55.4 Å². The second-order valence-corrected chi connectivity index (χ2v) is 6.21. The van der Waals surface area contributed by atoms with E-state index < -0.39 is 12.1 Å². The van der Waals surface area contributed by atoms with Gasteiger partial charge in [-0.15, -0.1) is 0 Å². The van der Waals surface area contributed by atoms with E-state index in [1.807, 2.05) is 0 Å². The molecule has 2 rings (SSSR count). The Kier molecular flexibility index (Phi) is 6.97. The molecule has 0 saturated heterocycles. The first-order valence-corrected chi connectivity index (χ1v) is 8.46. The van der Waals surface area contributed by atoms with Gasteiger partial charge in [-0.1, -0.05) is 31.4 Å². The summed E-state index contributed by atoms with van der Waals surface area (Å²) >= 11 is 0. The standard InChI is InChI=1S/C19H24FNO3/c1-14(19(23)21-13-16-5-3-2-4-6-16)24-18(22)12-9-15-7-10-17(20)11-8-15/h7-12,14,16H,2-6,13H2,1H3,(H,21,23)/b12-9+/t14-/m0/s1. The molecule has 0 radical (unpaired) electrons. The minimum absolute atomic E-state index is 0.274. The minimum Gasteiger partial charge on any atom is -0.449 e. The summed E-state index contributed by atoms with van der Waals surface area (Å²) in [4.78, 5) is 23.7. The molecular formula is C19H24FNO3. The van der Waals surface area contributed by atoms with Gasteiger partial charge in [0.25, 0.3) is 5.91 Å². The third-order valence-corrected chi connectivity index (χ3v) is 4.23. The fourth-order valence-electron chi connectivity index (χ4n) is 2.79. The number of hydrogen-bond acceptors (Lipinski definition) is 3. The lowest BCUT2D eigenvalue weighted by Gasteiger charge is -2.22. The lowest BCUT2D eigenvalue weighted by molar-refractivity contribution is -0.150. The number of hydrogen-bond donors (Lipinski definition) is 1. The number of rotatable bonds is 6. The largest absolute Gasteiger partial charge is 0.449 e. The van der Waals surface area contributed by atoms with Crippen LogP contribution in [0.15, 0.2) is 30.3 Å². The Bertz CT molecular complexity index is 577. The smallest absolute Gasteiger partial charge is 0.331 e. The highest BCUT2D eigenvalue weighted by molar-refractivity contribution is 5.90. The third-order valence-electron chi connectivity index (χ3n) is 4.23. The predicted octanol–water partition coefficient (Wildman–Crippen LogP) is 3.47. The number of carbonyl (C=O) groups excluding carboxylic acids is 2.